The Hall–Kier alpha value is -3.22. The van der Waals surface area contributed by atoms with E-state index in [4.69, 9.17) is 16.2 Å². The zero-order valence-corrected chi connectivity index (χ0v) is 12.7. The maximum atomic E-state index is 11.7. The van der Waals surface area contributed by atoms with Crippen molar-refractivity contribution in [2.45, 2.75) is 6.92 Å². The normalized spacial score (nSPS) is 10.7. The minimum atomic E-state index is -0.621. The molecule has 0 aliphatic carbocycles. The van der Waals surface area contributed by atoms with Crippen molar-refractivity contribution in [3.63, 3.8) is 0 Å². The number of primary amides is 1. The van der Waals surface area contributed by atoms with E-state index in [0.29, 0.717) is 22.3 Å². The van der Waals surface area contributed by atoms with Gasteiger partial charge in [0.25, 0.3) is 5.91 Å². The van der Waals surface area contributed by atoms with E-state index in [2.05, 4.69) is 15.0 Å². The van der Waals surface area contributed by atoms with E-state index in [0.717, 1.165) is 11.1 Å². The number of benzene rings is 1. The number of amides is 1. The predicted molar refractivity (Wildman–Crippen MR) is 87.0 cm³/mol. The average molecular weight is 309 g/mol. The predicted octanol–water partition coefficient (Wildman–Crippen LogP) is 1.69. The molecule has 0 unspecified atom stereocenters. The molecule has 0 aliphatic rings. The van der Waals surface area contributed by atoms with Crippen molar-refractivity contribution in [3.8, 4) is 16.9 Å². The van der Waals surface area contributed by atoms with Gasteiger partial charge in [-0.25, -0.2) is 0 Å². The van der Waals surface area contributed by atoms with Gasteiger partial charge in [-0.2, -0.15) is 0 Å². The van der Waals surface area contributed by atoms with Gasteiger partial charge < -0.3 is 16.2 Å². The third-order valence-electron chi connectivity index (χ3n) is 3.73. The number of fused-ring (bicyclic) bond motifs is 1. The molecule has 7 heteroatoms. The first-order valence-electron chi connectivity index (χ1n) is 6.86. The molecular weight excluding hydrogens is 294 g/mol. The van der Waals surface area contributed by atoms with E-state index in [1.165, 1.54) is 0 Å². The maximum Gasteiger partial charge on any atom is 0.250 e. The van der Waals surface area contributed by atoms with Crippen molar-refractivity contribution in [1.82, 2.24) is 15.0 Å². The Labute approximate surface area is 132 Å². The van der Waals surface area contributed by atoms with E-state index in [-0.39, 0.29) is 11.3 Å². The molecule has 1 amide bonds. The number of nitrogen functional groups attached to an aromatic ring is 1. The number of aromatic nitrogens is 3. The summed E-state index contributed by atoms with van der Waals surface area (Å²) in [4.78, 5) is 24.5. The Morgan fingerprint density at radius 1 is 1.22 bits per heavy atom. The summed E-state index contributed by atoms with van der Waals surface area (Å²) in [6.45, 7) is 1.88. The second-order valence-corrected chi connectivity index (χ2v) is 5.02. The minimum Gasteiger partial charge on any atom is -0.495 e. The molecule has 0 saturated carbocycles. The molecular formula is C16H15N5O2. The van der Waals surface area contributed by atoms with Gasteiger partial charge in [0.05, 0.1) is 35.6 Å². The minimum absolute atomic E-state index is 0.204. The lowest BCUT2D eigenvalue weighted by Crippen LogP contribution is -2.15. The van der Waals surface area contributed by atoms with Crippen molar-refractivity contribution < 1.29 is 9.53 Å². The quantitative estimate of drug-likeness (QED) is 0.711. The molecule has 0 fully saturated rings. The molecule has 0 spiro atoms. The van der Waals surface area contributed by atoms with Crippen LogP contribution in [0.1, 0.15) is 15.9 Å². The molecule has 0 bridgehead atoms. The second kappa shape index (κ2) is 5.53. The van der Waals surface area contributed by atoms with Gasteiger partial charge in [-0.05, 0) is 13.0 Å². The van der Waals surface area contributed by atoms with Crippen molar-refractivity contribution in [2.24, 2.45) is 5.73 Å². The molecule has 0 radical (unpaired) electrons. The van der Waals surface area contributed by atoms with Gasteiger partial charge in [-0.1, -0.05) is 0 Å². The topological polar surface area (TPSA) is 117 Å². The van der Waals surface area contributed by atoms with E-state index in [1.807, 2.05) is 6.92 Å². The number of hydrogen-bond donors (Lipinski definition) is 2. The molecule has 3 rings (SSSR count). The highest BCUT2D eigenvalue weighted by atomic mass is 16.5. The van der Waals surface area contributed by atoms with Gasteiger partial charge in [0.2, 0.25) is 0 Å². The Kier molecular flexibility index (Phi) is 3.53. The van der Waals surface area contributed by atoms with Crippen LogP contribution in [0.25, 0.3) is 22.2 Å². The fraction of sp³-hybridized carbons (Fsp3) is 0.125. The number of carbonyl (C=O) groups is 1. The van der Waals surface area contributed by atoms with Crippen LogP contribution in [0.3, 0.4) is 0 Å². The van der Waals surface area contributed by atoms with E-state index in [9.17, 15) is 4.79 Å². The highest BCUT2D eigenvalue weighted by molar-refractivity contribution is 6.09. The van der Waals surface area contributed by atoms with Crippen molar-refractivity contribution in [2.75, 3.05) is 12.8 Å². The zero-order valence-electron chi connectivity index (χ0n) is 12.7. The molecule has 0 atom stereocenters. The Balaban J connectivity index is 2.45. The van der Waals surface area contributed by atoms with Gasteiger partial charge in [0.15, 0.2) is 0 Å². The molecule has 0 aliphatic heterocycles. The molecule has 1 aromatic carbocycles. The number of nitrogens with zero attached hydrogens (tertiary/aromatic N) is 3. The van der Waals surface area contributed by atoms with Crippen LogP contribution in [0.15, 0.2) is 30.9 Å². The molecule has 4 N–H and O–H groups in total. The van der Waals surface area contributed by atoms with Gasteiger partial charge in [0.1, 0.15) is 5.75 Å². The SMILES string of the molecule is COc1cncc(-c2c(N)c(C(N)=O)cc3nccnc23)c1C. The summed E-state index contributed by atoms with van der Waals surface area (Å²) in [7, 11) is 1.56. The van der Waals surface area contributed by atoms with Crippen LogP contribution in [0.5, 0.6) is 5.75 Å². The summed E-state index contributed by atoms with van der Waals surface area (Å²) in [5.41, 5.74) is 15.3. The number of hydrogen-bond acceptors (Lipinski definition) is 6. The fourth-order valence-corrected chi connectivity index (χ4v) is 2.56. The standard InChI is InChI=1S/C16H15N5O2/c1-8-10(6-19-7-12(8)23-2)13-14(17)9(16(18)22)5-11-15(13)21-4-3-20-11/h3-7H,17H2,1-2H3,(H2,18,22). The van der Waals surface area contributed by atoms with Crippen LogP contribution in [-0.4, -0.2) is 28.0 Å². The lowest BCUT2D eigenvalue weighted by molar-refractivity contribution is 0.100. The van der Waals surface area contributed by atoms with Crippen LogP contribution in [0.2, 0.25) is 0 Å². The van der Waals surface area contributed by atoms with Crippen LogP contribution < -0.4 is 16.2 Å². The van der Waals surface area contributed by atoms with E-state index >= 15 is 0 Å². The van der Waals surface area contributed by atoms with Crippen LogP contribution in [-0.2, 0) is 0 Å². The van der Waals surface area contributed by atoms with Gasteiger partial charge in [-0.3, -0.25) is 19.7 Å². The fourth-order valence-electron chi connectivity index (χ4n) is 2.56. The lowest BCUT2D eigenvalue weighted by atomic mass is 9.95. The summed E-state index contributed by atoms with van der Waals surface area (Å²) >= 11 is 0. The molecule has 2 heterocycles. The Morgan fingerprint density at radius 3 is 2.65 bits per heavy atom. The molecule has 3 aromatic rings. The number of nitrogens with two attached hydrogens (primary N) is 2. The summed E-state index contributed by atoms with van der Waals surface area (Å²) < 4.78 is 5.31. The second-order valence-electron chi connectivity index (χ2n) is 5.02. The third kappa shape index (κ3) is 2.32. The highest BCUT2D eigenvalue weighted by Crippen LogP contribution is 2.38. The van der Waals surface area contributed by atoms with Crippen molar-refractivity contribution >= 4 is 22.6 Å². The Morgan fingerprint density at radius 2 is 1.96 bits per heavy atom. The molecule has 2 aromatic heterocycles. The van der Waals surface area contributed by atoms with Crippen molar-refractivity contribution in [1.29, 1.82) is 0 Å². The van der Waals surface area contributed by atoms with Crippen LogP contribution >= 0.6 is 0 Å². The molecule has 7 nitrogen and oxygen atoms in total. The van der Waals surface area contributed by atoms with E-state index < -0.39 is 5.91 Å². The number of ether oxygens (including phenoxy) is 1. The van der Waals surface area contributed by atoms with Gasteiger partial charge >= 0.3 is 0 Å². The van der Waals surface area contributed by atoms with Gasteiger partial charge in [-0.15, -0.1) is 0 Å². The lowest BCUT2D eigenvalue weighted by Gasteiger charge is -2.15. The number of methoxy groups -OCH3 is 1. The average Bonchev–Trinajstić information content (AvgIpc) is 2.55. The van der Waals surface area contributed by atoms with Gasteiger partial charge in [0, 0.05) is 35.3 Å². The first-order valence-corrected chi connectivity index (χ1v) is 6.86. The van der Waals surface area contributed by atoms with Crippen LogP contribution in [0.4, 0.5) is 5.69 Å². The summed E-state index contributed by atoms with van der Waals surface area (Å²) in [6, 6.07) is 1.55. The summed E-state index contributed by atoms with van der Waals surface area (Å²) in [5.74, 6) is -0.00627. The highest BCUT2D eigenvalue weighted by Gasteiger charge is 2.20. The first-order chi connectivity index (χ1) is 11.0. The number of carbonyl (C=O) groups excluding carboxylic acids is 1. The third-order valence-corrected chi connectivity index (χ3v) is 3.73. The van der Waals surface area contributed by atoms with E-state index in [1.54, 1.807) is 38.0 Å². The maximum absolute atomic E-state index is 11.7. The smallest absolute Gasteiger partial charge is 0.250 e. The first kappa shape index (κ1) is 14.7. The number of rotatable bonds is 3. The van der Waals surface area contributed by atoms with Crippen molar-refractivity contribution in [3.05, 3.63) is 42.0 Å². The Bertz CT molecular complexity index is 924. The molecule has 0 saturated heterocycles. The molecule has 23 heavy (non-hydrogen) atoms. The zero-order chi connectivity index (χ0) is 16.6. The van der Waals surface area contributed by atoms with Crippen LogP contribution in [0, 0.1) is 6.92 Å². The number of pyridine rings is 1. The number of anilines is 1. The molecule has 116 valence electrons. The monoisotopic (exact) mass is 309 g/mol. The summed E-state index contributed by atoms with van der Waals surface area (Å²) in [5, 5.41) is 0. The summed E-state index contributed by atoms with van der Waals surface area (Å²) in [6.07, 6.45) is 6.38. The largest absolute Gasteiger partial charge is 0.495 e.